The van der Waals surface area contributed by atoms with E-state index in [2.05, 4.69) is 0 Å². The quantitative estimate of drug-likeness (QED) is 0.528. The van der Waals surface area contributed by atoms with E-state index in [0.717, 1.165) is 0 Å². The van der Waals surface area contributed by atoms with Gasteiger partial charge < -0.3 is 5.11 Å². The van der Waals surface area contributed by atoms with Gasteiger partial charge in [0.05, 0.1) is 0 Å². The summed E-state index contributed by atoms with van der Waals surface area (Å²) < 4.78 is 0. The van der Waals surface area contributed by atoms with Crippen LogP contribution >= 0.6 is 0 Å². The minimum absolute atomic E-state index is 0.681. The molecule has 3 N–H and O–H groups in total. The number of aliphatic carboxylic acids is 1. The second-order valence-electron chi connectivity index (χ2n) is 2.82. The number of hydrazine groups is 1. The number of hydrogen-bond acceptors (Lipinski definition) is 3. The van der Waals surface area contributed by atoms with Gasteiger partial charge in [0.15, 0.2) is 0 Å². The summed E-state index contributed by atoms with van der Waals surface area (Å²) in [6, 6.07) is 8.11. The molecule has 4 heteroatoms. The van der Waals surface area contributed by atoms with Crippen molar-refractivity contribution >= 4 is 5.97 Å². The van der Waals surface area contributed by atoms with E-state index in [4.69, 9.17) is 10.9 Å². The number of likely N-dealkylation sites (N-methyl/N-ethyl adjacent to an activating group) is 1. The van der Waals surface area contributed by atoms with E-state index in [9.17, 15) is 4.79 Å². The van der Waals surface area contributed by atoms with Crippen molar-refractivity contribution in [2.45, 2.75) is 6.04 Å². The van der Waals surface area contributed by atoms with Crippen LogP contribution in [0.3, 0.4) is 0 Å². The van der Waals surface area contributed by atoms with Crippen LogP contribution in [0.4, 0.5) is 0 Å². The van der Waals surface area contributed by atoms with Crippen LogP contribution in [0.15, 0.2) is 30.3 Å². The van der Waals surface area contributed by atoms with Crippen molar-refractivity contribution in [3.63, 3.8) is 0 Å². The number of carboxylic acids is 1. The predicted molar refractivity (Wildman–Crippen MR) is 48.8 cm³/mol. The van der Waals surface area contributed by atoms with Gasteiger partial charge in [0.1, 0.15) is 6.04 Å². The van der Waals surface area contributed by atoms with Crippen LogP contribution in [-0.2, 0) is 4.79 Å². The fourth-order valence-electron chi connectivity index (χ4n) is 1.19. The smallest absolute Gasteiger partial charge is 0.326 e. The molecule has 0 aliphatic rings. The first-order valence-corrected chi connectivity index (χ1v) is 3.88. The van der Waals surface area contributed by atoms with Gasteiger partial charge in [0, 0.05) is 7.05 Å². The Labute approximate surface area is 76.6 Å². The lowest BCUT2D eigenvalue weighted by Gasteiger charge is -2.19. The highest BCUT2D eigenvalue weighted by Gasteiger charge is 2.21. The van der Waals surface area contributed by atoms with E-state index in [0.29, 0.717) is 5.56 Å². The topological polar surface area (TPSA) is 66.6 Å². The van der Waals surface area contributed by atoms with Gasteiger partial charge >= 0.3 is 5.97 Å². The summed E-state index contributed by atoms with van der Waals surface area (Å²) in [6.45, 7) is 0. The Morgan fingerprint density at radius 2 is 2.00 bits per heavy atom. The third-order valence-electron chi connectivity index (χ3n) is 1.76. The Balaban J connectivity index is 2.96. The number of hydrogen-bond donors (Lipinski definition) is 2. The molecule has 0 fully saturated rings. The Kier molecular flexibility index (Phi) is 3.00. The average Bonchev–Trinajstić information content (AvgIpc) is 2.04. The molecule has 0 saturated heterocycles. The summed E-state index contributed by atoms with van der Waals surface area (Å²) in [6.07, 6.45) is 0. The third-order valence-corrected chi connectivity index (χ3v) is 1.76. The summed E-state index contributed by atoms with van der Waals surface area (Å²) in [7, 11) is 1.53. The van der Waals surface area contributed by atoms with Gasteiger partial charge in [0.2, 0.25) is 0 Å². The van der Waals surface area contributed by atoms with Gasteiger partial charge in [-0.05, 0) is 5.56 Å². The monoisotopic (exact) mass is 180 g/mol. The van der Waals surface area contributed by atoms with E-state index < -0.39 is 12.0 Å². The van der Waals surface area contributed by atoms with Crippen LogP contribution in [-0.4, -0.2) is 23.1 Å². The molecule has 0 heterocycles. The largest absolute Gasteiger partial charge is 0.480 e. The minimum Gasteiger partial charge on any atom is -0.480 e. The Hall–Kier alpha value is -1.39. The molecule has 0 spiro atoms. The molecule has 70 valence electrons. The van der Waals surface area contributed by atoms with Crippen LogP contribution in [0.25, 0.3) is 0 Å². The number of benzene rings is 1. The van der Waals surface area contributed by atoms with Gasteiger partial charge in [-0.2, -0.15) is 0 Å². The van der Waals surface area contributed by atoms with Crippen LogP contribution in [0, 0.1) is 0 Å². The van der Waals surface area contributed by atoms with E-state index in [-0.39, 0.29) is 0 Å². The first-order chi connectivity index (χ1) is 6.13. The SMILES string of the molecule is CN(N)[C@@H](C(=O)O)c1ccccc1. The number of nitrogens with zero attached hydrogens (tertiary/aromatic N) is 1. The van der Waals surface area contributed by atoms with Crippen LogP contribution in [0.1, 0.15) is 11.6 Å². The Morgan fingerprint density at radius 3 is 2.38 bits per heavy atom. The highest BCUT2D eigenvalue weighted by Crippen LogP contribution is 2.16. The van der Waals surface area contributed by atoms with Crippen molar-refractivity contribution in [1.29, 1.82) is 0 Å². The first kappa shape index (κ1) is 9.70. The maximum Gasteiger partial charge on any atom is 0.326 e. The molecule has 0 aliphatic carbocycles. The predicted octanol–water partition coefficient (Wildman–Crippen LogP) is 0.618. The summed E-state index contributed by atoms with van der Waals surface area (Å²) >= 11 is 0. The first-order valence-electron chi connectivity index (χ1n) is 3.88. The molecule has 1 atom stereocenters. The molecule has 13 heavy (non-hydrogen) atoms. The van der Waals surface area contributed by atoms with Crippen molar-refractivity contribution in [2.75, 3.05) is 7.05 Å². The van der Waals surface area contributed by atoms with Gasteiger partial charge in [-0.1, -0.05) is 30.3 Å². The lowest BCUT2D eigenvalue weighted by atomic mass is 10.1. The summed E-state index contributed by atoms with van der Waals surface area (Å²) in [4.78, 5) is 10.8. The highest BCUT2D eigenvalue weighted by atomic mass is 16.4. The fourth-order valence-corrected chi connectivity index (χ4v) is 1.19. The molecule has 0 unspecified atom stereocenters. The molecule has 1 rings (SSSR count). The normalized spacial score (nSPS) is 12.8. The van der Waals surface area contributed by atoms with E-state index in [1.165, 1.54) is 12.1 Å². The van der Waals surface area contributed by atoms with Crippen molar-refractivity contribution < 1.29 is 9.90 Å². The maximum absolute atomic E-state index is 10.8. The lowest BCUT2D eigenvalue weighted by molar-refractivity contribution is -0.143. The Bertz CT molecular complexity index is 285. The molecule has 0 bridgehead atoms. The van der Waals surface area contributed by atoms with Crippen molar-refractivity contribution in [3.8, 4) is 0 Å². The lowest BCUT2D eigenvalue weighted by Crippen LogP contribution is -2.35. The highest BCUT2D eigenvalue weighted by molar-refractivity contribution is 5.75. The summed E-state index contributed by atoms with van der Waals surface area (Å²) in [5, 5.41) is 10.1. The zero-order valence-corrected chi connectivity index (χ0v) is 7.34. The van der Waals surface area contributed by atoms with Crippen molar-refractivity contribution in [3.05, 3.63) is 35.9 Å². The van der Waals surface area contributed by atoms with E-state index in [1.807, 2.05) is 6.07 Å². The molecule has 1 aromatic carbocycles. The van der Waals surface area contributed by atoms with Crippen molar-refractivity contribution in [2.24, 2.45) is 5.84 Å². The molecule has 0 aliphatic heterocycles. The third kappa shape index (κ3) is 2.27. The zero-order valence-electron chi connectivity index (χ0n) is 7.34. The summed E-state index contributed by atoms with van der Waals surface area (Å²) in [5.74, 6) is 4.47. The molecule has 0 saturated carbocycles. The number of rotatable bonds is 3. The van der Waals surface area contributed by atoms with E-state index in [1.54, 1.807) is 24.3 Å². The molecule has 0 amide bonds. The zero-order chi connectivity index (χ0) is 9.84. The number of carbonyl (C=O) groups is 1. The molecular weight excluding hydrogens is 168 g/mol. The molecular formula is C9H12N2O2. The standard InChI is InChI=1S/C9H12N2O2/c1-11(10)8(9(12)13)7-5-3-2-4-6-7/h2-6,8H,10H2,1H3,(H,12,13)/t8-/m1/s1. The van der Waals surface area contributed by atoms with Crippen LogP contribution < -0.4 is 5.84 Å². The molecule has 0 aromatic heterocycles. The minimum atomic E-state index is -0.948. The second-order valence-corrected chi connectivity index (χ2v) is 2.82. The van der Waals surface area contributed by atoms with Crippen LogP contribution in [0.5, 0.6) is 0 Å². The van der Waals surface area contributed by atoms with E-state index >= 15 is 0 Å². The fraction of sp³-hybridized carbons (Fsp3) is 0.222. The van der Waals surface area contributed by atoms with Gasteiger partial charge in [0.25, 0.3) is 0 Å². The van der Waals surface area contributed by atoms with Gasteiger partial charge in [-0.3, -0.25) is 10.6 Å². The van der Waals surface area contributed by atoms with Crippen LogP contribution in [0.2, 0.25) is 0 Å². The second kappa shape index (κ2) is 4.02. The van der Waals surface area contributed by atoms with Gasteiger partial charge in [-0.25, -0.2) is 5.01 Å². The molecule has 4 nitrogen and oxygen atoms in total. The average molecular weight is 180 g/mol. The van der Waals surface area contributed by atoms with Gasteiger partial charge in [-0.15, -0.1) is 0 Å². The number of carboxylic acid groups (broad SMARTS) is 1. The van der Waals surface area contributed by atoms with Crippen molar-refractivity contribution in [1.82, 2.24) is 5.01 Å². The molecule has 0 radical (unpaired) electrons. The number of nitrogens with two attached hydrogens (primary N) is 1. The summed E-state index contributed by atoms with van der Waals surface area (Å²) in [5.41, 5.74) is 0.681. The maximum atomic E-state index is 10.8. The molecule has 1 aromatic rings. The Morgan fingerprint density at radius 1 is 1.46 bits per heavy atom.